The summed E-state index contributed by atoms with van der Waals surface area (Å²) in [5.74, 6) is -0.882. The highest BCUT2D eigenvalue weighted by Gasteiger charge is 2.49. The van der Waals surface area contributed by atoms with Crippen LogP contribution in [0.5, 0.6) is 0 Å². The first-order valence-corrected chi connectivity index (χ1v) is 11.0. The summed E-state index contributed by atoms with van der Waals surface area (Å²) in [5, 5.41) is 2.69. The molecule has 2 aliphatic heterocycles. The lowest BCUT2D eigenvalue weighted by Crippen LogP contribution is -2.55. The van der Waals surface area contributed by atoms with Gasteiger partial charge in [-0.15, -0.1) is 0 Å². The number of urea groups is 1. The first-order valence-electron chi connectivity index (χ1n) is 9.63. The number of aryl methyl sites for hydroxylation is 1. The molecule has 164 valence electrons. The van der Waals surface area contributed by atoms with Crippen LogP contribution in [0.25, 0.3) is 0 Å². The molecule has 2 aliphatic rings. The number of carbonyl (C=O) groups is 3. The van der Waals surface area contributed by atoms with Gasteiger partial charge in [0, 0.05) is 40.3 Å². The van der Waals surface area contributed by atoms with Gasteiger partial charge in [0.1, 0.15) is 12.1 Å². The van der Waals surface area contributed by atoms with Crippen LogP contribution < -0.4 is 5.32 Å². The van der Waals surface area contributed by atoms with Gasteiger partial charge in [-0.25, -0.2) is 4.79 Å². The number of imide groups is 1. The molecule has 11 heteroatoms. The van der Waals surface area contributed by atoms with Crippen LogP contribution in [0.3, 0.4) is 0 Å². The van der Waals surface area contributed by atoms with Gasteiger partial charge in [-0.05, 0) is 19.4 Å². The Labute approximate surface area is 176 Å². The summed E-state index contributed by atoms with van der Waals surface area (Å²) in [6, 6.07) is 6.65. The molecule has 3 rings (SSSR count). The molecule has 0 bridgehead atoms. The monoisotopic (exact) mass is 437 g/mol. The largest absolute Gasteiger partial charge is 0.338 e. The van der Waals surface area contributed by atoms with Crippen LogP contribution in [0.1, 0.15) is 18.1 Å². The average molecular weight is 438 g/mol. The molecule has 2 heterocycles. The van der Waals surface area contributed by atoms with Crippen molar-refractivity contribution in [1.82, 2.24) is 23.7 Å². The van der Waals surface area contributed by atoms with Crippen LogP contribution in [0, 0.1) is 6.92 Å². The number of nitrogens with one attached hydrogen (secondary N) is 1. The molecule has 0 spiro atoms. The lowest BCUT2D eigenvalue weighted by atomic mass is 9.91. The number of benzene rings is 1. The zero-order valence-electron chi connectivity index (χ0n) is 17.6. The minimum atomic E-state index is -3.54. The van der Waals surface area contributed by atoms with E-state index in [9.17, 15) is 22.8 Å². The van der Waals surface area contributed by atoms with Crippen molar-refractivity contribution in [2.45, 2.75) is 19.4 Å². The summed E-state index contributed by atoms with van der Waals surface area (Å²) in [6.07, 6.45) is 0. The Morgan fingerprint density at radius 3 is 2.20 bits per heavy atom. The molecule has 0 aliphatic carbocycles. The Morgan fingerprint density at radius 1 is 1.10 bits per heavy atom. The van der Waals surface area contributed by atoms with E-state index in [-0.39, 0.29) is 32.7 Å². The van der Waals surface area contributed by atoms with Gasteiger partial charge < -0.3 is 10.2 Å². The molecule has 4 amide bonds. The molecule has 10 nitrogen and oxygen atoms in total. The van der Waals surface area contributed by atoms with E-state index in [1.807, 2.05) is 19.1 Å². The number of amides is 4. The highest BCUT2D eigenvalue weighted by molar-refractivity contribution is 7.86. The lowest BCUT2D eigenvalue weighted by molar-refractivity contribution is -0.139. The number of hydrogen-bond acceptors (Lipinski definition) is 5. The van der Waals surface area contributed by atoms with E-state index < -0.39 is 33.6 Å². The molecule has 0 saturated carbocycles. The highest BCUT2D eigenvalue weighted by atomic mass is 32.2. The standard InChI is InChI=1S/C19H27N5O5S/c1-14-5-7-15(8-6-14)19(2)17(26)24(18(27)20-19)13-16(25)22-9-11-23(12-10-22)30(28,29)21(3)4/h5-8H,9-13H2,1-4H3,(H,20,27). The van der Waals surface area contributed by atoms with Crippen LogP contribution in [0.4, 0.5) is 4.79 Å². The van der Waals surface area contributed by atoms with Gasteiger partial charge in [-0.1, -0.05) is 29.8 Å². The second-order valence-corrected chi connectivity index (χ2v) is 10.0. The van der Waals surface area contributed by atoms with E-state index in [2.05, 4.69) is 5.32 Å². The summed E-state index contributed by atoms with van der Waals surface area (Å²) in [5.41, 5.74) is 0.439. The number of piperazine rings is 1. The lowest BCUT2D eigenvalue weighted by Gasteiger charge is -2.35. The number of hydrogen-bond donors (Lipinski definition) is 1. The van der Waals surface area contributed by atoms with E-state index in [0.717, 1.165) is 14.8 Å². The quantitative estimate of drug-likeness (QED) is 0.637. The summed E-state index contributed by atoms with van der Waals surface area (Å²) < 4.78 is 26.8. The van der Waals surface area contributed by atoms with Gasteiger partial charge in [0.15, 0.2) is 0 Å². The van der Waals surface area contributed by atoms with Crippen molar-refractivity contribution in [2.24, 2.45) is 0 Å². The van der Waals surface area contributed by atoms with Gasteiger partial charge >= 0.3 is 6.03 Å². The van der Waals surface area contributed by atoms with E-state index in [1.165, 1.54) is 23.3 Å². The molecule has 0 aromatic heterocycles. The Hall–Kier alpha value is -2.50. The van der Waals surface area contributed by atoms with Crippen molar-refractivity contribution in [3.8, 4) is 0 Å². The van der Waals surface area contributed by atoms with Crippen LogP contribution in [0.2, 0.25) is 0 Å². The van der Waals surface area contributed by atoms with E-state index in [0.29, 0.717) is 5.56 Å². The fraction of sp³-hybridized carbons (Fsp3) is 0.526. The normalized spacial score (nSPS) is 23.2. The molecule has 1 N–H and O–H groups in total. The van der Waals surface area contributed by atoms with Gasteiger partial charge in [0.05, 0.1) is 0 Å². The van der Waals surface area contributed by atoms with Gasteiger partial charge in [0.2, 0.25) is 5.91 Å². The van der Waals surface area contributed by atoms with Crippen LogP contribution in [-0.4, -0.2) is 91.5 Å². The molecule has 0 radical (unpaired) electrons. The fourth-order valence-electron chi connectivity index (χ4n) is 3.56. The van der Waals surface area contributed by atoms with Crippen molar-refractivity contribution >= 4 is 28.1 Å². The van der Waals surface area contributed by atoms with Crippen LogP contribution in [0.15, 0.2) is 24.3 Å². The Morgan fingerprint density at radius 2 is 1.67 bits per heavy atom. The van der Waals surface area contributed by atoms with E-state index >= 15 is 0 Å². The molecule has 30 heavy (non-hydrogen) atoms. The van der Waals surface area contributed by atoms with Gasteiger partial charge in [0.25, 0.3) is 16.1 Å². The second kappa shape index (κ2) is 7.97. The van der Waals surface area contributed by atoms with Crippen molar-refractivity contribution in [3.63, 3.8) is 0 Å². The highest BCUT2D eigenvalue weighted by Crippen LogP contribution is 2.29. The molecular formula is C19H27N5O5S. The zero-order chi connectivity index (χ0) is 22.3. The predicted octanol–water partition coefficient (Wildman–Crippen LogP) is -0.287. The summed E-state index contributed by atoms with van der Waals surface area (Å²) in [7, 11) is -0.630. The SMILES string of the molecule is Cc1ccc(C2(C)NC(=O)N(CC(=O)N3CCN(S(=O)(=O)N(C)C)CC3)C2=O)cc1. The minimum absolute atomic E-state index is 0.160. The van der Waals surface area contributed by atoms with Crippen molar-refractivity contribution in [1.29, 1.82) is 0 Å². The van der Waals surface area contributed by atoms with Crippen LogP contribution in [-0.2, 0) is 25.3 Å². The van der Waals surface area contributed by atoms with Gasteiger partial charge in [-0.2, -0.15) is 17.0 Å². The third kappa shape index (κ3) is 3.92. The van der Waals surface area contributed by atoms with Crippen LogP contribution >= 0.6 is 0 Å². The molecule has 1 aromatic rings. The van der Waals surface area contributed by atoms with Gasteiger partial charge in [-0.3, -0.25) is 14.5 Å². The summed E-state index contributed by atoms with van der Waals surface area (Å²) in [6.45, 7) is 3.88. The Balaban J connectivity index is 1.65. The first-order chi connectivity index (χ1) is 14.0. The molecule has 1 aromatic carbocycles. The third-order valence-corrected chi connectivity index (χ3v) is 7.52. The molecular weight excluding hydrogens is 410 g/mol. The minimum Gasteiger partial charge on any atom is -0.338 e. The van der Waals surface area contributed by atoms with Crippen molar-refractivity contribution in [2.75, 3.05) is 46.8 Å². The summed E-state index contributed by atoms with van der Waals surface area (Å²) >= 11 is 0. The number of carbonyl (C=O) groups excluding carboxylic acids is 3. The molecule has 1 atom stereocenters. The number of rotatable bonds is 5. The topological polar surface area (TPSA) is 110 Å². The zero-order valence-corrected chi connectivity index (χ0v) is 18.4. The maximum absolute atomic E-state index is 13.0. The molecule has 2 fully saturated rings. The first kappa shape index (κ1) is 22.2. The maximum atomic E-state index is 13.0. The number of nitrogens with zero attached hydrogens (tertiary/aromatic N) is 4. The predicted molar refractivity (Wildman–Crippen MR) is 110 cm³/mol. The molecule has 2 saturated heterocycles. The molecule has 1 unspecified atom stereocenters. The second-order valence-electron chi connectivity index (χ2n) is 7.88. The summed E-state index contributed by atoms with van der Waals surface area (Å²) in [4.78, 5) is 40.5. The van der Waals surface area contributed by atoms with E-state index in [1.54, 1.807) is 19.1 Å². The van der Waals surface area contributed by atoms with E-state index in [4.69, 9.17) is 0 Å². The smallest absolute Gasteiger partial charge is 0.325 e. The van der Waals surface area contributed by atoms with Crippen molar-refractivity contribution < 1.29 is 22.8 Å². The third-order valence-electron chi connectivity index (χ3n) is 5.58. The average Bonchev–Trinajstić information content (AvgIpc) is 2.92. The Kier molecular flexibility index (Phi) is 5.89. The fourth-order valence-corrected chi connectivity index (χ4v) is 4.64. The maximum Gasteiger partial charge on any atom is 0.325 e. The Bertz CT molecular complexity index is 954. The van der Waals surface area contributed by atoms with Crippen molar-refractivity contribution in [3.05, 3.63) is 35.4 Å².